The Balaban J connectivity index is 1.88. The van der Waals surface area contributed by atoms with Crippen LogP contribution in [0.1, 0.15) is 24.1 Å². The lowest BCUT2D eigenvalue weighted by Crippen LogP contribution is -2.31. The molecule has 28 heavy (non-hydrogen) atoms. The predicted molar refractivity (Wildman–Crippen MR) is 107 cm³/mol. The second kappa shape index (κ2) is 7.09. The fourth-order valence-electron chi connectivity index (χ4n) is 3.35. The Morgan fingerprint density at radius 1 is 1.21 bits per heavy atom. The molecule has 0 aliphatic carbocycles. The van der Waals surface area contributed by atoms with Crippen molar-refractivity contribution in [3.05, 3.63) is 71.0 Å². The van der Waals surface area contributed by atoms with Crippen LogP contribution in [-0.2, 0) is 14.3 Å². The Hall–Kier alpha value is -3.19. The van der Waals surface area contributed by atoms with E-state index in [0.717, 1.165) is 15.8 Å². The molecule has 1 amide bonds. The van der Waals surface area contributed by atoms with Gasteiger partial charge in [0.1, 0.15) is 11.6 Å². The molecule has 2 heterocycles. The molecule has 1 aromatic heterocycles. The molecule has 1 aliphatic heterocycles. The number of thiazole rings is 1. The van der Waals surface area contributed by atoms with Crippen molar-refractivity contribution in [2.75, 3.05) is 11.5 Å². The Kier molecular flexibility index (Phi) is 4.60. The van der Waals surface area contributed by atoms with Crippen LogP contribution in [-0.4, -0.2) is 28.6 Å². The average Bonchev–Trinajstić information content (AvgIpc) is 3.23. The molecular weight excluding hydrogens is 376 g/mol. The summed E-state index contributed by atoms with van der Waals surface area (Å²) in [6.45, 7) is 3.77. The lowest BCUT2D eigenvalue weighted by atomic mass is 10.00. The summed E-state index contributed by atoms with van der Waals surface area (Å²) in [6, 6.07) is 14.1. The van der Waals surface area contributed by atoms with Gasteiger partial charge in [0.2, 0.25) is 0 Å². The van der Waals surface area contributed by atoms with Crippen LogP contribution in [0, 0.1) is 6.92 Å². The van der Waals surface area contributed by atoms with E-state index < -0.39 is 23.7 Å². The molecule has 0 fully saturated rings. The van der Waals surface area contributed by atoms with E-state index in [1.807, 2.05) is 43.3 Å². The van der Waals surface area contributed by atoms with E-state index in [1.165, 1.54) is 16.2 Å². The van der Waals surface area contributed by atoms with E-state index in [0.29, 0.717) is 10.7 Å². The largest absolute Gasteiger partial charge is 0.503 e. The van der Waals surface area contributed by atoms with Gasteiger partial charge >= 0.3 is 5.97 Å². The van der Waals surface area contributed by atoms with Crippen LogP contribution in [0.2, 0.25) is 0 Å². The highest BCUT2D eigenvalue weighted by atomic mass is 32.1. The van der Waals surface area contributed by atoms with Crippen molar-refractivity contribution in [2.45, 2.75) is 19.9 Å². The third kappa shape index (κ3) is 2.84. The zero-order valence-corrected chi connectivity index (χ0v) is 16.2. The zero-order chi connectivity index (χ0) is 19.8. The first-order chi connectivity index (χ1) is 13.5. The summed E-state index contributed by atoms with van der Waals surface area (Å²) in [5.41, 5.74) is 2.42. The Labute approximate surface area is 165 Å². The van der Waals surface area contributed by atoms with Gasteiger partial charge in [0.25, 0.3) is 5.91 Å². The van der Waals surface area contributed by atoms with Gasteiger partial charge in [0.05, 0.1) is 16.8 Å². The minimum absolute atomic E-state index is 0.0611. The number of ether oxygens (including phenoxy) is 1. The number of nitrogens with zero attached hydrogens (tertiary/aromatic N) is 2. The van der Waals surface area contributed by atoms with Crippen LogP contribution in [0.3, 0.4) is 0 Å². The second-order valence-electron chi connectivity index (χ2n) is 6.39. The van der Waals surface area contributed by atoms with Crippen LogP contribution >= 0.6 is 11.3 Å². The van der Waals surface area contributed by atoms with Crippen molar-refractivity contribution in [2.24, 2.45) is 0 Å². The number of rotatable bonds is 4. The number of hydrogen-bond acceptors (Lipinski definition) is 6. The van der Waals surface area contributed by atoms with Crippen molar-refractivity contribution in [1.29, 1.82) is 0 Å². The molecule has 3 aromatic rings. The van der Waals surface area contributed by atoms with Gasteiger partial charge in [0, 0.05) is 0 Å². The lowest BCUT2D eigenvalue weighted by molar-refractivity contribution is -0.139. The van der Waals surface area contributed by atoms with Gasteiger partial charge in [-0.1, -0.05) is 53.8 Å². The monoisotopic (exact) mass is 394 g/mol. The molecule has 0 spiro atoms. The number of carbonyl (C=O) groups excluding carboxylic acids is 2. The van der Waals surface area contributed by atoms with Crippen LogP contribution in [0.25, 0.3) is 10.2 Å². The van der Waals surface area contributed by atoms with Gasteiger partial charge in [-0.05, 0) is 31.0 Å². The molecule has 1 aliphatic rings. The first kappa shape index (κ1) is 18.2. The maximum absolute atomic E-state index is 12.9. The Morgan fingerprint density at radius 3 is 2.64 bits per heavy atom. The number of aliphatic hydroxyl groups excluding tert-OH is 1. The molecule has 142 valence electrons. The summed E-state index contributed by atoms with van der Waals surface area (Å²) in [4.78, 5) is 31.5. The fraction of sp³-hybridized carbons (Fsp3) is 0.190. The topological polar surface area (TPSA) is 79.7 Å². The molecular formula is C21H18N2O4S. The number of carbonyl (C=O) groups is 2. The third-order valence-corrected chi connectivity index (χ3v) is 5.65. The molecule has 1 unspecified atom stereocenters. The summed E-state index contributed by atoms with van der Waals surface area (Å²) in [6.07, 6.45) is 0. The van der Waals surface area contributed by atoms with E-state index in [2.05, 4.69) is 4.98 Å². The van der Waals surface area contributed by atoms with Gasteiger partial charge in [-0.15, -0.1) is 0 Å². The smallest absolute Gasteiger partial charge is 0.340 e. The normalized spacial score (nSPS) is 16.9. The predicted octanol–water partition coefficient (Wildman–Crippen LogP) is 4.07. The first-order valence-electron chi connectivity index (χ1n) is 8.87. The van der Waals surface area contributed by atoms with E-state index in [1.54, 1.807) is 19.1 Å². The molecule has 4 rings (SSSR count). The van der Waals surface area contributed by atoms with Gasteiger partial charge in [0.15, 0.2) is 10.9 Å². The highest BCUT2D eigenvalue weighted by Crippen LogP contribution is 2.43. The highest BCUT2D eigenvalue weighted by molar-refractivity contribution is 7.22. The number of hydrogen-bond donors (Lipinski definition) is 1. The third-order valence-electron chi connectivity index (χ3n) is 4.63. The molecule has 7 heteroatoms. The van der Waals surface area contributed by atoms with Crippen molar-refractivity contribution >= 4 is 38.6 Å². The summed E-state index contributed by atoms with van der Waals surface area (Å²) < 4.78 is 6.04. The van der Waals surface area contributed by atoms with Gasteiger partial charge in [-0.25, -0.2) is 9.78 Å². The van der Waals surface area contributed by atoms with E-state index in [4.69, 9.17) is 4.74 Å². The van der Waals surface area contributed by atoms with Crippen molar-refractivity contribution in [3.8, 4) is 0 Å². The maximum atomic E-state index is 12.9. The minimum Gasteiger partial charge on any atom is -0.503 e. The number of aryl methyl sites for hydroxylation is 1. The van der Waals surface area contributed by atoms with E-state index in [-0.39, 0.29) is 12.2 Å². The number of esters is 1. The van der Waals surface area contributed by atoms with Crippen molar-refractivity contribution in [3.63, 3.8) is 0 Å². The standard InChI is InChI=1S/C21H18N2O4S/c1-3-27-20(26)15-17(13-9-5-4-6-10-13)23(19(25)18(15)24)21-22-16-12(2)8-7-11-14(16)28-21/h4-11,17,24H,3H2,1-2H3. The number of aliphatic hydroxyl groups is 1. The van der Waals surface area contributed by atoms with Gasteiger partial charge in [-0.3, -0.25) is 9.69 Å². The van der Waals surface area contributed by atoms with Crippen LogP contribution in [0.5, 0.6) is 0 Å². The first-order valence-corrected chi connectivity index (χ1v) is 9.69. The van der Waals surface area contributed by atoms with Gasteiger partial charge < -0.3 is 9.84 Å². The molecule has 0 saturated carbocycles. The van der Waals surface area contributed by atoms with E-state index in [9.17, 15) is 14.7 Å². The molecule has 2 aromatic carbocycles. The Bertz CT molecular complexity index is 1100. The van der Waals surface area contributed by atoms with Crippen LogP contribution in [0.4, 0.5) is 5.13 Å². The summed E-state index contributed by atoms with van der Waals surface area (Å²) in [5, 5.41) is 10.9. The zero-order valence-electron chi connectivity index (χ0n) is 15.4. The summed E-state index contributed by atoms with van der Waals surface area (Å²) >= 11 is 1.34. The van der Waals surface area contributed by atoms with Crippen molar-refractivity contribution in [1.82, 2.24) is 4.98 Å². The molecule has 0 radical (unpaired) electrons. The number of amides is 1. The van der Waals surface area contributed by atoms with Crippen LogP contribution < -0.4 is 4.90 Å². The number of para-hydroxylation sites is 1. The Morgan fingerprint density at radius 2 is 1.96 bits per heavy atom. The SMILES string of the molecule is CCOC(=O)C1=C(O)C(=O)N(c2nc3c(C)cccc3s2)C1c1ccccc1. The number of fused-ring (bicyclic) bond motifs is 1. The summed E-state index contributed by atoms with van der Waals surface area (Å²) in [7, 11) is 0. The molecule has 0 bridgehead atoms. The molecule has 0 saturated heterocycles. The molecule has 6 nitrogen and oxygen atoms in total. The minimum atomic E-state index is -0.798. The van der Waals surface area contributed by atoms with E-state index >= 15 is 0 Å². The maximum Gasteiger partial charge on any atom is 0.340 e. The fourth-order valence-corrected chi connectivity index (χ4v) is 4.42. The van der Waals surface area contributed by atoms with Gasteiger partial charge in [-0.2, -0.15) is 0 Å². The number of anilines is 1. The average molecular weight is 394 g/mol. The highest BCUT2D eigenvalue weighted by Gasteiger charge is 2.46. The molecule has 1 N–H and O–H groups in total. The number of aromatic nitrogens is 1. The lowest BCUT2D eigenvalue weighted by Gasteiger charge is -2.24. The summed E-state index contributed by atoms with van der Waals surface area (Å²) in [5.74, 6) is -1.96. The molecule has 1 atom stereocenters. The quantitative estimate of drug-likeness (QED) is 0.675. The number of benzene rings is 2. The van der Waals surface area contributed by atoms with Crippen LogP contribution in [0.15, 0.2) is 59.9 Å². The second-order valence-corrected chi connectivity index (χ2v) is 7.40. The van der Waals surface area contributed by atoms with Crippen molar-refractivity contribution < 1.29 is 19.4 Å².